The molecular formula is C25H19Cl2F3N6O2S. The number of hydrogen-bond donors (Lipinski definition) is 2. The molecule has 0 saturated heterocycles. The number of nitrogens with one attached hydrogen (secondary N) is 1. The SMILES string of the molecule is Cn1nc(NS(C)=O)c2c(Cl)ccc(-n3c([C@@H](N)Cc4cc(F)cc(F)c4)nc4ccc(Cl)c(F)c4c3=O)c21. The van der Waals surface area contributed by atoms with Crippen molar-refractivity contribution in [3.8, 4) is 5.69 Å². The van der Waals surface area contributed by atoms with E-state index in [9.17, 15) is 17.8 Å². The number of nitrogens with two attached hydrogens (primary N) is 1. The first-order valence-electron chi connectivity index (χ1n) is 11.3. The van der Waals surface area contributed by atoms with Gasteiger partial charge in [-0.3, -0.25) is 18.8 Å². The van der Waals surface area contributed by atoms with Crippen LogP contribution in [0.5, 0.6) is 0 Å². The molecule has 5 rings (SSSR count). The number of aromatic nitrogens is 4. The summed E-state index contributed by atoms with van der Waals surface area (Å²) in [6, 6.07) is 7.55. The second-order valence-corrected chi connectivity index (χ2v) is 10.7. The number of hydrogen-bond acceptors (Lipinski definition) is 5. The van der Waals surface area contributed by atoms with Gasteiger partial charge in [-0.2, -0.15) is 5.10 Å². The van der Waals surface area contributed by atoms with Crippen molar-refractivity contribution < 1.29 is 17.4 Å². The van der Waals surface area contributed by atoms with Gasteiger partial charge in [-0.05, 0) is 48.4 Å². The quantitative estimate of drug-likeness (QED) is 0.289. The highest BCUT2D eigenvalue weighted by atomic mass is 35.5. The van der Waals surface area contributed by atoms with Gasteiger partial charge < -0.3 is 5.73 Å². The van der Waals surface area contributed by atoms with E-state index in [-0.39, 0.29) is 50.3 Å². The zero-order valence-electron chi connectivity index (χ0n) is 20.3. The molecule has 5 aromatic rings. The van der Waals surface area contributed by atoms with Crippen LogP contribution in [0.15, 0.2) is 47.3 Å². The second kappa shape index (κ2) is 10.3. The monoisotopic (exact) mass is 594 g/mol. The molecule has 0 fully saturated rings. The average Bonchev–Trinajstić information content (AvgIpc) is 3.17. The Balaban J connectivity index is 1.83. The molecule has 0 radical (unpaired) electrons. The van der Waals surface area contributed by atoms with Gasteiger partial charge in [-0.15, -0.1) is 0 Å². The lowest BCUT2D eigenvalue weighted by molar-refractivity contribution is 0.572. The third kappa shape index (κ3) is 4.89. The van der Waals surface area contributed by atoms with Crippen LogP contribution in [0.1, 0.15) is 17.4 Å². The molecule has 202 valence electrons. The van der Waals surface area contributed by atoms with Crippen LogP contribution in [0.25, 0.3) is 27.5 Å². The third-order valence-corrected chi connectivity index (χ3v) is 7.15. The largest absolute Gasteiger partial charge is 0.321 e. The Labute approximate surface area is 231 Å². The van der Waals surface area contributed by atoms with Crippen molar-refractivity contribution in [3.05, 3.63) is 91.7 Å². The molecule has 0 saturated carbocycles. The minimum atomic E-state index is -1.50. The molecule has 39 heavy (non-hydrogen) atoms. The van der Waals surface area contributed by atoms with Gasteiger partial charge in [-0.1, -0.05) is 23.2 Å². The highest BCUT2D eigenvalue weighted by Gasteiger charge is 2.25. The van der Waals surface area contributed by atoms with Crippen molar-refractivity contribution in [2.75, 3.05) is 11.0 Å². The molecule has 8 nitrogen and oxygen atoms in total. The van der Waals surface area contributed by atoms with Gasteiger partial charge in [0.15, 0.2) is 11.6 Å². The van der Waals surface area contributed by atoms with Gasteiger partial charge in [0.2, 0.25) is 0 Å². The van der Waals surface area contributed by atoms with E-state index in [0.717, 1.165) is 22.8 Å². The Morgan fingerprint density at radius 1 is 1.05 bits per heavy atom. The van der Waals surface area contributed by atoms with E-state index < -0.39 is 40.0 Å². The van der Waals surface area contributed by atoms with Crippen LogP contribution in [0.3, 0.4) is 0 Å². The summed E-state index contributed by atoms with van der Waals surface area (Å²) in [6.07, 6.45) is 1.31. The second-order valence-electron chi connectivity index (χ2n) is 8.77. The van der Waals surface area contributed by atoms with Gasteiger partial charge in [0, 0.05) is 19.4 Å². The molecule has 0 bridgehead atoms. The minimum Gasteiger partial charge on any atom is -0.321 e. The van der Waals surface area contributed by atoms with Crippen molar-refractivity contribution in [1.29, 1.82) is 0 Å². The molecule has 0 spiro atoms. The van der Waals surface area contributed by atoms with Gasteiger partial charge in [0.05, 0.1) is 38.2 Å². The van der Waals surface area contributed by atoms with Crippen LogP contribution in [0.4, 0.5) is 19.0 Å². The van der Waals surface area contributed by atoms with Crippen LogP contribution in [-0.2, 0) is 24.5 Å². The maximum absolute atomic E-state index is 15.1. The van der Waals surface area contributed by atoms with Gasteiger partial charge in [0.1, 0.15) is 33.8 Å². The lowest BCUT2D eigenvalue weighted by Gasteiger charge is -2.20. The molecule has 14 heteroatoms. The molecule has 2 heterocycles. The van der Waals surface area contributed by atoms with Gasteiger partial charge in [-0.25, -0.2) is 22.4 Å². The van der Waals surface area contributed by atoms with Crippen molar-refractivity contribution in [2.24, 2.45) is 12.8 Å². The number of halogens is 5. The molecule has 0 aliphatic heterocycles. The lowest BCUT2D eigenvalue weighted by atomic mass is 10.0. The van der Waals surface area contributed by atoms with E-state index in [0.29, 0.717) is 10.9 Å². The third-order valence-electron chi connectivity index (χ3n) is 6.06. The highest BCUT2D eigenvalue weighted by Crippen LogP contribution is 2.35. The Bertz CT molecular complexity index is 1860. The number of nitrogens with zero attached hydrogens (tertiary/aromatic N) is 4. The van der Waals surface area contributed by atoms with E-state index >= 15 is 4.39 Å². The van der Waals surface area contributed by atoms with Crippen LogP contribution in [0, 0.1) is 17.5 Å². The number of benzene rings is 3. The topological polar surface area (TPSA) is 108 Å². The van der Waals surface area contributed by atoms with E-state index in [2.05, 4.69) is 14.8 Å². The Hall–Kier alpha value is -3.45. The molecule has 0 aliphatic carbocycles. The fraction of sp³-hybridized carbons (Fsp3) is 0.160. The number of anilines is 1. The zero-order valence-corrected chi connectivity index (χ0v) is 22.6. The van der Waals surface area contributed by atoms with Crippen molar-refractivity contribution in [2.45, 2.75) is 12.5 Å². The predicted octanol–water partition coefficient (Wildman–Crippen LogP) is 4.94. The van der Waals surface area contributed by atoms with E-state index in [1.54, 1.807) is 7.05 Å². The van der Waals surface area contributed by atoms with Crippen molar-refractivity contribution in [1.82, 2.24) is 19.3 Å². The predicted molar refractivity (Wildman–Crippen MR) is 146 cm³/mol. The molecule has 2 atom stereocenters. The van der Waals surface area contributed by atoms with Crippen LogP contribution < -0.4 is 16.0 Å². The Morgan fingerprint density at radius 2 is 1.72 bits per heavy atom. The molecule has 0 aliphatic rings. The Morgan fingerprint density at radius 3 is 2.38 bits per heavy atom. The van der Waals surface area contributed by atoms with E-state index in [1.165, 1.54) is 35.2 Å². The normalized spacial score (nSPS) is 13.2. The minimum absolute atomic E-state index is 0.00651. The fourth-order valence-corrected chi connectivity index (χ4v) is 5.34. The molecular weight excluding hydrogens is 576 g/mol. The summed E-state index contributed by atoms with van der Waals surface area (Å²) in [6.45, 7) is 0. The molecule has 2 aromatic heterocycles. The summed E-state index contributed by atoms with van der Waals surface area (Å²) in [5.74, 6) is -2.37. The summed E-state index contributed by atoms with van der Waals surface area (Å²) in [7, 11) is 0.0848. The molecule has 0 amide bonds. The fourth-order valence-electron chi connectivity index (χ4n) is 4.53. The van der Waals surface area contributed by atoms with Crippen LogP contribution >= 0.6 is 23.2 Å². The number of rotatable bonds is 6. The molecule has 3 N–H and O–H groups in total. The van der Waals surface area contributed by atoms with E-state index in [4.69, 9.17) is 28.9 Å². The first-order valence-corrected chi connectivity index (χ1v) is 13.6. The summed E-state index contributed by atoms with van der Waals surface area (Å²) >= 11 is 12.4. The van der Waals surface area contributed by atoms with Crippen molar-refractivity contribution >= 4 is 61.8 Å². The average molecular weight is 595 g/mol. The van der Waals surface area contributed by atoms with Crippen LogP contribution in [-0.4, -0.2) is 29.8 Å². The first-order chi connectivity index (χ1) is 18.5. The van der Waals surface area contributed by atoms with E-state index in [1.807, 2.05) is 0 Å². The standard InChI is InChI=1S/C25H19Cl2F3N6O2S/c1-35-22-18(6-4-14(26)19(22)23(33-35)34-39(2)38)36-24(16(31)9-11-7-12(28)10-13(29)8-11)32-17-5-3-15(27)21(30)20(17)25(36)37/h3-8,10,16H,9,31H2,1-2H3,(H,33,34)/t16-,39?/m0/s1. The summed E-state index contributed by atoms with van der Waals surface area (Å²) < 4.78 is 60.0. The number of fused-ring (bicyclic) bond motifs is 2. The van der Waals surface area contributed by atoms with Gasteiger partial charge >= 0.3 is 0 Å². The number of aryl methyl sites for hydroxylation is 1. The van der Waals surface area contributed by atoms with Gasteiger partial charge in [0.25, 0.3) is 5.56 Å². The highest BCUT2D eigenvalue weighted by molar-refractivity contribution is 7.85. The molecule has 3 aromatic carbocycles. The summed E-state index contributed by atoms with van der Waals surface area (Å²) in [5.41, 5.74) is 6.40. The Kier molecular flexibility index (Phi) is 7.14. The van der Waals surface area contributed by atoms with Crippen LogP contribution in [0.2, 0.25) is 10.0 Å². The van der Waals surface area contributed by atoms with Crippen molar-refractivity contribution in [3.63, 3.8) is 0 Å². The maximum Gasteiger partial charge on any atom is 0.269 e. The summed E-state index contributed by atoms with van der Waals surface area (Å²) in [5, 5.41) is 4.27. The lowest BCUT2D eigenvalue weighted by Crippen LogP contribution is -2.30. The maximum atomic E-state index is 15.1. The first kappa shape index (κ1) is 27.1. The summed E-state index contributed by atoms with van der Waals surface area (Å²) in [4.78, 5) is 18.4. The smallest absolute Gasteiger partial charge is 0.269 e. The molecule has 1 unspecified atom stereocenters. The zero-order chi connectivity index (χ0) is 28.2.